The summed E-state index contributed by atoms with van der Waals surface area (Å²) in [6, 6.07) is 0.311. The Bertz CT molecular complexity index is 117. The third-order valence-corrected chi connectivity index (χ3v) is 2.33. The first-order valence-electron chi connectivity index (χ1n) is 5.14. The molecule has 0 aromatic rings. The molecule has 13 heavy (non-hydrogen) atoms. The summed E-state index contributed by atoms with van der Waals surface area (Å²) in [7, 11) is 0. The summed E-state index contributed by atoms with van der Waals surface area (Å²) in [4.78, 5) is 0. The predicted octanol–water partition coefficient (Wildman–Crippen LogP) is 0.754. The monoisotopic (exact) mass is 189 g/mol. The van der Waals surface area contributed by atoms with Crippen molar-refractivity contribution in [2.24, 2.45) is 5.92 Å². The van der Waals surface area contributed by atoms with E-state index in [0.29, 0.717) is 18.5 Å². The molecule has 3 nitrogen and oxygen atoms in total. The van der Waals surface area contributed by atoms with Crippen molar-refractivity contribution in [3.63, 3.8) is 0 Å². The molecule has 0 saturated heterocycles. The summed E-state index contributed by atoms with van der Waals surface area (Å²) < 4.78 is 0. The number of rotatable bonds is 7. The largest absolute Gasteiger partial charge is 0.396 e. The van der Waals surface area contributed by atoms with Crippen molar-refractivity contribution < 1.29 is 10.2 Å². The average molecular weight is 189 g/mol. The minimum Gasteiger partial charge on any atom is -0.396 e. The van der Waals surface area contributed by atoms with Crippen LogP contribution >= 0.6 is 0 Å². The van der Waals surface area contributed by atoms with Gasteiger partial charge >= 0.3 is 0 Å². The smallest absolute Gasteiger partial charge is 0.0662 e. The van der Waals surface area contributed by atoms with Gasteiger partial charge < -0.3 is 15.5 Å². The second kappa shape index (κ2) is 7.30. The summed E-state index contributed by atoms with van der Waals surface area (Å²) in [5.41, 5.74) is 0. The Morgan fingerprint density at radius 2 is 1.92 bits per heavy atom. The Hall–Kier alpha value is -0.120. The van der Waals surface area contributed by atoms with Gasteiger partial charge in [-0.3, -0.25) is 0 Å². The van der Waals surface area contributed by atoms with E-state index in [2.05, 4.69) is 19.2 Å². The van der Waals surface area contributed by atoms with Crippen LogP contribution in [-0.4, -0.2) is 35.5 Å². The maximum absolute atomic E-state index is 9.33. The van der Waals surface area contributed by atoms with E-state index in [1.54, 1.807) is 0 Å². The van der Waals surface area contributed by atoms with E-state index in [9.17, 15) is 5.11 Å². The second-order valence-corrected chi connectivity index (χ2v) is 3.83. The van der Waals surface area contributed by atoms with Gasteiger partial charge in [0.25, 0.3) is 0 Å². The molecule has 0 aliphatic heterocycles. The summed E-state index contributed by atoms with van der Waals surface area (Å²) in [5, 5.41) is 21.4. The first-order chi connectivity index (χ1) is 6.11. The van der Waals surface area contributed by atoms with Crippen LogP contribution in [-0.2, 0) is 0 Å². The average Bonchev–Trinajstić information content (AvgIpc) is 2.11. The first kappa shape index (κ1) is 12.9. The highest BCUT2D eigenvalue weighted by Crippen LogP contribution is 2.05. The Kier molecular flexibility index (Phi) is 7.23. The molecule has 80 valence electrons. The highest BCUT2D eigenvalue weighted by Gasteiger charge is 2.12. The van der Waals surface area contributed by atoms with Gasteiger partial charge in [0.15, 0.2) is 0 Å². The molecule has 3 heteroatoms. The summed E-state index contributed by atoms with van der Waals surface area (Å²) in [6.45, 7) is 7.03. The first-order valence-corrected chi connectivity index (χ1v) is 5.14. The van der Waals surface area contributed by atoms with Crippen LogP contribution in [0.2, 0.25) is 0 Å². The van der Waals surface area contributed by atoms with Crippen molar-refractivity contribution in [2.75, 3.05) is 13.2 Å². The van der Waals surface area contributed by atoms with Crippen LogP contribution in [0.5, 0.6) is 0 Å². The lowest BCUT2D eigenvalue weighted by atomic mass is 10.0. The van der Waals surface area contributed by atoms with Crippen LogP contribution in [0.1, 0.15) is 33.6 Å². The van der Waals surface area contributed by atoms with Gasteiger partial charge in [-0.2, -0.15) is 0 Å². The lowest BCUT2D eigenvalue weighted by Gasteiger charge is -2.22. The van der Waals surface area contributed by atoms with E-state index in [0.717, 1.165) is 12.8 Å². The Balaban J connectivity index is 3.68. The molecule has 0 saturated carbocycles. The van der Waals surface area contributed by atoms with Crippen LogP contribution in [0.15, 0.2) is 0 Å². The zero-order valence-corrected chi connectivity index (χ0v) is 8.95. The molecule has 2 atom stereocenters. The van der Waals surface area contributed by atoms with Gasteiger partial charge in [0.05, 0.1) is 6.10 Å². The van der Waals surface area contributed by atoms with Crippen molar-refractivity contribution >= 4 is 0 Å². The minimum absolute atomic E-state index is 0.206. The number of nitrogens with one attached hydrogen (secondary N) is 1. The zero-order valence-electron chi connectivity index (χ0n) is 8.95. The van der Waals surface area contributed by atoms with E-state index in [-0.39, 0.29) is 12.7 Å². The molecule has 3 N–H and O–H groups in total. The van der Waals surface area contributed by atoms with Crippen molar-refractivity contribution in [2.45, 2.75) is 45.8 Å². The fraction of sp³-hybridized carbons (Fsp3) is 1.00. The number of aliphatic hydroxyl groups is 2. The van der Waals surface area contributed by atoms with Crippen molar-refractivity contribution in [1.29, 1.82) is 0 Å². The lowest BCUT2D eigenvalue weighted by Crippen LogP contribution is -2.39. The van der Waals surface area contributed by atoms with Gasteiger partial charge in [-0.15, -0.1) is 0 Å². The van der Waals surface area contributed by atoms with Gasteiger partial charge in [0, 0.05) is 19.2 Å². The van der Waals surface area contributed by atoms with Gasteiger partial charge in [0.2, 0.25) is 0 Å². The summed E-state index contributed by atoms with van der Waals surface area (Å²) in [5.74, 6) is 0.496. The molecule has 0 aliphatic carbocycles. The normalized spacial score (nSPS) is 16.2. The minimum atomic E-state index is -0.264. The van der Waals surface area contributed by atoms with Crippen LogP contribution in [0.25, 0.3) is 0 Å². The van der Waals surface area contributed by atoms with E-state index >= 15 is 0 Å². The second-order valence-electron chi connectivity index (χ2n) is 3.83. The van der Waals surface area contributed by atoms with Crippen LogP contribution in [0, 0.1) is 5.92 Å². The van der Waals surface area contributed by atoms with E-state index in [1.165, 1.54) is 0 Å². The van der Waals surface area contributed by atoms with E-state index in [4.69, 9.17) is 5.11 Å². The van der Waals surface area contributed by atoms with Crippen molar-refractivity contribution in [3.8, 4) is 0 Å². The van der Waals surface area contributed by atoms with E-state index < -0.39 is 0 Å². The Morgan fingerprint density at radius 3 is 2.31 bits per heavy atom. The topological polar surface area (TPSA) is 52.5 Å². The van der Waals surface area contributed by atoms with Gasteiger partial charge in [-0.05, 0) is 18.8 Å². The van der Waals surface area contributed by atoms with Crippen LogP contribution < -0.4 is 5.32 Å². The SMILES string of the molecule is CCC(O)CNC(CCO)C(C)C. The highest BCUT2D eigenvalue weighted by atomic mass is 16.3. The Morgan fingerprint density at radius 1 is 1.31 bits per heavy atom. The van der Waals surface area contributed by atoms with Gasteiger partial charge in [0.1, 0.15) is 0 Å². The van der Waals surface area contributed by atoms with Crippen molar-refractivity contribution in [1.82, 2.24) is 5.32 Å². The van der Waals surface area contributed by atoms with Gasteiger partial charge in [-0.1, -0.05) is 20.8 Å². The van der Waals surface area contributed by atoms with Crippen molar-refractivity contribution in [3.05, 3.63) is 0 Å². The van der Waals surface area contributed by atoms with Gasteiger partial charge in [-0.25, -0.2) is 0 Å². The quantitative estimate of drug-likeness (QED) is 0.554. The molecule has 0 spiro atoms. The maximum Gasteiger partial charge on any atom is 0.0662 e. The molecular formula is C10H23NO2. The molecular weight excluding hydrogens is 166 g/mol. The van der Waals surface area contributed by atoms with Crippen LogP contribution in [0.3, 0.4) is 0 Å². The maximum atomic E-state index is 9.33. The third-order valence-electron chi connectivity index (χ3n) is 2.33. The number of hydrogen-bond donors (Lipinski definition) is 3. The molecule has 0 amide bonds. The molecule has 0 heterocycles. The fourth-order valence-corrected chi connectivity index (χ4v) is 1.24. The molecule has 2 unspecified atom stereocenters. The highest BCUT2D eigenvalue weighted by molar-refractivity contribution is 4.71. The van der Waals surface area contributed by atoms with Crippen LogP contribution in [0.4, 0.5) is 0 Å². The zero-order chi connectivity index (χ0) is 10.3. The standard InChI is InChI=1S/C10H23NO2/c1-4-9(13)7-11-10(5-6-12)8(2)3/h8-13H,4-7H2,1-3H3. The number of hydrogen-bond acceptors (Lipinski definition) is 3. The van der Waals surface area contributed by atoms with E-state index in [1.807, 2.05) is 6.92 Å². The molecule has 0 aliphatic rings. The number of aliphatic hydroxyl groups excluding tert-OH is 2. The fourth-order valence-electron chi connectivity index (χ4n) is 1.24. The third kappa shape index (κ3) is 6.02. The lowest BCUT2D eigenvalue weighted by molar-refractivity contribution is 0.153. The predicted molar refractivity (Wildman–Crippen MR) is 54.6 cm³/mol. The Labute approximate surface area is 81.2 Å². The molecule has 0 aromatic heterocycles. The molecule has 0 aromatic carbocycles. The molecule has 0 rings (SSSR count). The molecule has 0 fully saturated rings. The molecule has 0 bridgehead atoms. The molecule has 0 radical (unpaired) electrons. The summed E-state index contributed by atoms with van der Waals surface area (Å²) >= 11 is 0. The summed E-state index contributed by atoms with van der Waals surface area (Å²) in [6.07, 6.45) is 1.27.